The lowest BCUT2D eigenvalue weighted by molar-refractivity contribution is -0.385. The monoisotopic (exact) mass is 269 g/mol. The van der Waals surface area contributed by atoms with E-state index < -0.39 is 10.9 Å². The third-order valence-corrected chi connectivity index (χ3v) is 2.11. The zero-order valence-electron chi connectivity index (χ0n) is 10.5. The zero-order valence-corrected chi connectivity index (χ0v) is 10.5. The highest BCUT2D eigenvalue weighted by molar-refractivity contribution is 5.70. The summed E-state index contributed by atoms with van der Waals surface area (Å²) >= 11 is 0. The van der Waals surface area contributed by atoms with Gasteiger partial charge in [0, 0.05) is 19.7 Å². The van der Waals surface area contributed by atoms with Crippen LogP contribution in [0.15, 0.2) is 18.3 Å². The van der Waals surface area contributed by atoms with Crippen LogP contribution in [0, 0.1) is 10.1 Å². The van der Waals surface area contributed by atoms with Crippen LogP contribution in [0.1, 0.15) is 6.42 Å². The molecule has 0 fully saturated rings. The number of ether oxygens (including phenoxy) is 2. The Bertz CT molecular complexity index is 421. The summed E-state index contributed by atoms with van der Waals surface area (Å²) in [5.74, 6) is 0.129. The molecule has 0 saturated heterocycles. The van der Waals surface area contributed by atoms with Gasteiger partial charge in [-0.25, -0.2) is 9.78 Å². The molecule has 0 saturated carbocycles. The molecular weight excluding hydrogens is 254 g/mol. The topological polar surface area (TPSA) is 104 Å². The van der Waals surface area contributed by atoms with Crippen molar-refractivity contribution < 1.29 is 19.2 Å². The first-order chi connectivity index (χ1) is 9.13. The number of nitrogens with zero attached hydrogens (tertiary/aromatic N) is 2. The van der Waals surface area contributed by atoms with E-state index in [9.17, 15) is 14.9 Å². The summed E-state index contributed by atoms with van der Waals surface area (Å²) in [7, 11) is 1.42. The van der Waals surface area contributed by atoms with Gasteiger partial charge in [0.1, 0.15) is 18.6 Å². The van der Waals surface area contributed by atoms with E-state index in [-0.39, 0.29) is 18.9 Å². The molecule has 1 heterocycles. The standard InChI is InChI=1S/C11H15N3O5/c1-18-8-11(15)19-6-2-5-12-10-4-3-9(7-13-10)14(16)17/h3-4,7H,2,5-6,8H2,1H3,(H,12,13). The fraction of sp³-hybridized carbons (Fsp3) is 0.455. The molecule has 0 spiro atoms. The van der Waals surface area contributed by atoms with Crippen molar-refractivity contribution in [1.82, 2.24) is 4.98 Å². The second kappa shape index (κ2) is 7.98. The molecule has 1 aromatic heterocycles. The molecule has 19 heavy (non-hydrogen) atoms. The summed E-state index contributed by atoms with van der Waals surface area (Å²) in [6, 6.07) is 2.89. The SMILES string of the molecule is COCC(=O)OCCCNc1ccc([N+](=O)[O-])cn1. The van der Waals surface area contributed by atoms with Crippen LogP contribution in [0.2, 0.25) is 0 Å². The minimum absolute atomic E-state index is 0.0564. The van der Waals surface area contributed by atoms with Gasteiger partial charge in [0.05, 0.1) is 11.5 Å². The zero-order chi connectivity index (χ0) is 14.1. The van der Waals surface area contributed by atoms with Gasteiger partial charge in [-0.05, 0) is 12.5 Å². The molecule has 0 atom stereocenters. The van der Waals surface area contributed by atoms with Crippen molar-refractivity contribution >= 4 is 17.5 Å². The Morgan fingerprint density at radius 2 is 2.32 bits per heavy atom. The maximum absolute atomic E-state index is 10.9. The predicted molar refractivity (Wildman–Crippen MR) is 66.8 cm³/mol. The summed E-state index contributed by atoms with van der Waals surface area (Å²) < 4.78 is 9.46. The fourth-order valence-electron chi connectivity index (χ4n) is 1.23. The minimum atomic E-state index is -0.508. The smallest absolute Gasteiger partial charge is 0.332 e. The van der Waals surface area contributed by atoms with Gasteiger partial charge >= 0.3 is 5.97 Å². The number of carbonyl (C=O) groups is 1. The molecule has 0 unspecified atom stereocenters. The van der Waals surface area contributed by atoms with E-state index >= 15 is 0 Å². The average Bonchev–Trinajstić information content (AvgIpc) is 2.39. The lowest BCUT2D eigenvalue weighted by Gasteiger charge is -2.06. The van der Waals surface area contributed by atoms with Crippen molar-refractivity contribution in [3.05, 3.63) is 28.4 Å². The third-order valence-electron chi connectivity index (χ3n) is 2.11. The highest BCUT2D eigenvalue weighted by atomic mass is 16.6. The van der Waals surface area contributed by atoms with Crippen LogP contribution >= 0.6 is 0 Å². The molecule has 1 N–H and O–H groups in total. The molecule has 1 rings (SSSR count). The molecule has 104 valence electrons. The molecule has 1 aromatic rings. The number of pyridine rings is 1. The van der Waals surface area contributed by atoms with Crippen LogP contribution < -0.4 is 5.32 Å². The van der Waals surface area contributed by atoms with Gasteiger partial charge in [0.15, 0.2) is 0 Å². The molecule has 8 nitrogen and oxygen atoms in total. The minimum Gasteiger partial charge on any atom is -0.464 e. The van der Waals surface area contributed by atoms with Crippen molar-refractivity contribution in [3.8, 4) is 0 Å². The van der Waals surface area contributed by atoms with Gasteiger partial charge in [-0.2, -0.15) is 0 Å². The van der Waals surface area contributed by atoms with Crippen molar-refractivity contribution in [2.24, 2.45) is 0 Å². The van der Waals surface area contributed by atoms with Crippen LogP contribution in [0.25, 0.3) is 0 Å². The summed E-state index contributed by atoms with van der Waals surface area (Å²) in [6.45, 7) is 0.768. The molecular formula is C11H15N3O5. The van der Waals surface area contributed by atoms with E-state index in [1.807, 2.05) is 0 Å². The molecule has 0 aliphatic heterocycles. The molecule has 8 heteroatoms. The number of carbonyl (C=O) groups excluding carboxylic acids is 1. The largest absolute Gasteiger partial charge is 0.464 e. The maximum Gasteiger partial charge on any atom is 0.332 e. The Labute approximate surface area is 109 Å². The molecule has 0 amide bonds. The molecule has 0 aliphatic rings. The Morgan fingerprint density at radius 3 is 2.89 bits per heavy atom. The van der Waals surface area contributed by atoms with Crippen LogP contribution in [0.4, 0.5) is 11.5 Å². The quantitative estimate of drug-likeness (QED) is 0.324. The van der Waals surface area contributed by atoms with Crippen LogP contribution in [-0.2, 0) is 14.3 Å². The number of anilines is 1. The highest BCUT2D eigenvalue weighted by Gasteiger charge is 2.05. The summed E-state index contributed by atoms with van der Waals surface area (Å²) in [4.78, 5) is 24.7. The van der Waals surface area contributed by atoms with Gasteiger partial charge in [-0.3, -0.25) is 10.1 Å². The summed E-state index contributed by atoms with van der Waals surface area (Å²) in [5.41, 5.74) is -0.0564. The van der Waals surface area contributed by atoms with E-state index in [4.69, 9.17) is 4.74 Å². The summed E-state index contributed by atoms with van der Waals surface area (Å²) in [6.07, 6.45) is 1.79. The van der Waals surface area contributed by atoms with E-state index in [1.165, 1.54) is 25.4 Å². The normalized spacial score (nSPS) is 9.95. The molecule has 0 aromatic carbocycles. The lowest BCUT2D eigenvalue weighted by Crippen LogP contribution is -2.14. The van der Waals surface area contributed by atoms with Crippen LogP contribution in [0.5, 0.6) is 0 Å². The number of hydrogen-bond acceptors (Lipinski definition) is 7. The third kappa shape index (κ3) is 5.77. The van der Waals surface area contributed by atoms with Crippen molar-refractivity contribution in [1.29, 1.82) is 0 Å². The molecule has 0 aliphatic carbocycles. The first-order valence-corrected chi connectivity index (χ1v) is 5.62. The second-order valence-corrected chi connectivity index (χ2v) is 3.59. The number of rotatable bonds is 8. The number of methoxy groups -OCH3 is 1. The van der Waals surface area contributed by atoms with Crippen molar-refractivity contribution in [2.75, 3.05) is 32.2 Å². The van der Waals surface area contributed by atoms with E-state index in [2.05, 4.69) is 15.0 Å². The number of esters is 1. The van der Waals surface area contributed by atoms with E-state index in [1.54, 1.807) is 0 Å². The number of aromatic nitrogens is 1. The second-order valence-electron chi connectivity index (χ2n) is 3.59. The lowest BCUT2D eigenvalue weighted by atomic mass is 10.4. The first-order valence-electron chi connectivity index (χ1n) is 5.62. The van der Waals surface area contributed by atoms with Gasteiger partial charge in [-0.15, -0.1) is 0 Å². The average molecular weight is 269 g/mol. The van der Waals surface area contributed by atoms with E-state index in [0.29, 0.717) is 18.8 Å². The highest BCUT2D eigenvalue weighted by Crippen LogP contribution is 2.11. The van der Waals surface area contributed by atoms with Crippen molar-refractivity contribution in [2.45, 2.75) is 6.42 Å². The van der Waals surface area contributed by atoms with E-state index in [0.717, 1.165) is 0 Å². The fourth-order valence-corrected chi connectivity index (χ4v) is 1.23. The number of hydrogen-bond donors (Lipinski definition) is 1. The van der Waals surface area contributed by atoms with Gasteiger partial charge in [0.2, 0.25) is 0 Å². The first kappa shape index (κ1) is 14.8. The van der Waals surface area contributed by atoms with Gasteiger partial charge in [-0.1, -0.05) is 0 Å². The van der Waals surface area contributed by atoms with Crippen LogP contribution in [-0.4, -0.2) is 42.7 Å². The molecule has 0 bridgehead atoms. The van der Waals surface area contributed by atoms with Gasteiger partial charge < -0.3 is 14.8 Å². The van der Waals surface area contributed by atoms with Gasteiger partial charge in [0.25, 0.3) is 5.69 Å². The maximum atomic E-state index is 10.9. The Kier molecular flexibility index (Phi) is 6.23. The van der Waals surface area contributed by atoms with Crippen molar-refractivity contribution in [3.63, 3.8) is 0 Å². The summed E-state index contributed by atoms with van der Waals surface area (Å²) in [5, 5.41) is 13.4. The van der Waals surface area contributed by atoms with Crippen LogP contribution in [0.3, 0.4) is 0 Å². The number of nitrogens with one attached hydrogen (secondary N) is 1. The Balaban J connectivity index is 2.19. The predicted octanol–water partition coefficient (Wildman–Crippen LogP) is 0.981. The Hall–Kier alpha value is -2.22. The number of nitro groups is 1. The Morgan fingerprint density at radius 1 is 1.53 bits per heavy atom. The molecule has 0 radical (unpaired) electrons.